The summed E-state index contributed by atoms with van der Waals surface area (Å²) in [6, 6.07) is 16.3. The van der Waals surface area contributed by atoms with Gasteiger partial charge in [0.1, 0.15) is 17.4 Å². The van der Waals surface area contributed by atoms with Crippen LogP contribution in [0.25, 0.3) is 0 Å². The third-order valence-electron chi connectivity index (χ3n) is 3.80. The summed E-state index contributed by atoms with van der Waals surface area (Å²) >= 11 is 0. The fraction of sp³-hybridized carbons (Fsp3) is 0.238. The third-order valence-corrected chi connectivity index (χ3v) is 3.80. The molecule has 0 unspecified atom stereocenters. The molecular weight excluding hydrogens is 343 g/mol. The predicted molar refractivity (Wildman–Crippen MR) is 106 cm³/mol. The standard InChI is InChI=1S/C21H23FN4O/c1-15(2)27-19-10-6-5-9-18(19)25-20-12-14-24-21(26-20)23-13-11-16-7-3-4-8-17(16)22/h3-10,12,14-15H,11,13H2,1-2H3,(H2,23,24,25,26). The number of hydrogen-bond donors (Lipinski definition) is 2. The molecule has 6 heteroatoms. The van der Waals surface area contributed by atoms with Gasteiger partial charge in [-0.15, -0.1) is 0 Å². The van der Waals surface area contributed by atoms with E-state index < -0.39 is 0 Å². The van der Waals surface area contributed by atoms with Gasteiger partial charge in [0.15, 0.2) is 0 Å². The number of para-hydroxylation sites is 2. The fourth-order valence-corrected chi connectivity index (χ4v) is 2.59. The molecule has 2 N–H and O–H groups in total. The normalized spacial score (nSPS) is 10.7. The van der Waals surface area contributed by atoms with Gasteiger partial charge in [0.05, 0.1) is 11.8 Å². The van der Waals surface area contributed by atoms with Crippen LogP contribution in [0.4, 0.5) is 21.8 Å². The van der Waals surface area contributed by atoms with E-state index in [2.05, 4.69) is 20.6 Å². The maximum atomic E-state index is 13.7. The smallest absolute Gasteiger partial charge is 0.224 e. The largest absolute Gasteiger partial charge is 0.489 e. The quantitative estimate of drug-likeness (QED) is 0.600. The Hall–Kier alpha value is -3.15. The van der Waals surface area contributed by atoms with Crippen molar-refractivity contribution in [2.75, 3.05) is 17.2 Å². The van der Waals surface area contributed by atoms with Gasteiger partial charge in [0.25, 0.3) is 0 Å². The van der Waals surface area contributed by atoms with Crippen LogP contribution >= 0.6 is 0 Å². The van der Waals surface area contributed by atoms with Crippen molar-refractivity contribution in [1.82, 2.24) is 9.97 Å². The molecule has 0 bridgehead atoms. The molecule has 27 heavy (non-hydrogen) atoms. The number of benzene rings is 2. The van der Waals surface area contributed by atoms with E-state index in [1.807, 2.05) is 44.2 Å². The Morgan fingerprint density at radius 2 is 1.81 bits per heavy atom. The zero-order valence-electron chi connectivity index (χ0n) is 15.4. The first-order valence-corrected chi connectivity index (χ1v) is 8.95. The van der Waals surface area contributed by atoms with E-state index in [0.717, 1.165) is 11.4 Å². The molecular formula is C21H23FN4O. The molecule has 140 valence electrons. The summed E-state index contributed by atoms with van der Waals surface area (Å²) in [5.74, 6) is 1.70. The molecule has 0 spiro atoms. The summed E-state index contributed by atoms with van der Waals surface area (Å²) in [4.78, 5) is 8.68. The number of nitrogens with one attached hydrogen (secondary N) is 2. The van der Waals surface area contributed by atoms with Crippen molar-refractivity contribution in [2.45, 2.75) is 26.4 Å². The van der Waals surface area contributed by atoms with Gasteiger partial charge < -0.3 is 15.4 Å². The van der Waals surface area contributed by atoms with Crippen LogP contribution in [0, 0.1) is 5.82 Å². The zero-order valence-corrected chi connectivity index (χ0v) is 15.4. The number of aromatic nitrogens is 2. The molecule has 0 radical (unpaired) electrons. The van der Waals surface area contributed by atoms with E-state index in [0.29, 0.717) is 30.3 Å². The monoisotopic (exact) mass is 366 g/mol. The molecule has 0 aliphatic rings. The lowest BCUT2D eigenvalue weighted by atomic mass is 10.1. The van der Waals surface area contributed by atoms with Crippen LogP contribution in [0.5, 0.6) is 5.75 Å². The summed E-state index contributed by atoms with van der Waals surface area (Å²) < 4.78 is 19.5. The number of halogens is 1. The van der Waals surface area contributed by atoms with Crippen LogP contribution in [0.3, 0.4) is 0 Å². The Kier molecular flexibility index (Phi) is 6.20. The second kappa shape index (κ2) is 8.98. The Balaban J connectivity index is 1.63. The van der Waals surface area contributed by atoms with E-state index in [9.17, 15) is 4.39 Å². The molecule has 2 aromatic carbocycles. The summed E-state index contributed by atoms with van der Waals surface area (Å²) in [7, 11) is 0. The van der Waals surface area contributed by atoms with Crippen molar-refractivity contribution in [2.24, 2.45) is 0 Å². The van der Waals surface area contributed by atoms with Gasteiger partial charge in [-0.1, -0.05) is 30.3 Å². The minimum Gasteiger partial charge on any atom is -0.489 e. The lowest BCUT2D eigenvalue weighted by molar-refractivity contribution is 0.244. The minimum atomic E-state index is -0.197. The molecule has 3 rings (SSSR count). The molecule has 0 saturated heterocycles. The van der Waals surface area contributed by atoms with Crippen LogP contribution in [0.2, 0.25) is 0 Å². The molecule has 1 aromatic heterocycles. The number of rotatable bonds is 8. The van der Waals surface area contributed by atoms with E-state index in [-0.39, 0.29) is 11.9 Å². The predicted octanol–water partition coefficient (Wildman–Crippen LogP) is 4.80. The highest BCUT2D eigenvalue weighted by Gasteiger charge is 2.07. The highest BCUT2D eigenvalue weighted by Crippen LogP contribution is 2.27. The van der Waals surface area contributed by atoms with E-state index in [1.54, 1.807) is 24.4 Å². The van der Waals surface area contributed by atoms with Crippen LogP contribution in [-0.4, -0.2) is 22.6 Å². The van der Waals surface area contributed by atoms with Gasteiger partial charge >= 0.3 is 0 Å². The maximum Gasteiger partial charge on any atom is 0.224 e. The summed E-state index contributed by atoms with van der Waals surface area (Å²) in [5, 5.41) is 6.39. The first kappa shape index (κ1) is 18.6. The van der Waals surface area contributed by atoms with E-state index in [1.165, 1.54) is 6.07 Å². The molecule has 0 amide bonds. The zero-order chi connectivity index (χ0) is 19.1. The third kappa shape index (κ3) is 5.41. The van der Waals surface area contributed by atoms with E-state index >= 15 is 0 Å². The van der Waals surface area contributed by atoms with Crippen molar-refractivity contribution >= 4 is 17.5 Å². The van der Waals surface area contributed by atoms with Gasteiger partial charge in [-0.25, -0.2) is 9.37 Å². The van der Waals surface area contributed by atoms with E-state index in [4.69, 9.17) is 4.74 Å². The van der Waals surface area contributed by atoms with Gasteiger partial charge in [-0.3, -0.25) is 0 Å². The topological polar surface area (TPSA) is 59.1 Å². The molecule has 0 fully saturated rings. The SMILES string of the molecule is CC(C)Oc1ccccc1Nc1ccnc(NCCc2ccccc2F)n1. The van der Waals surface area contributed by atoms with Crippen molar-refractivity contribution in [3.8, 4) is 5.75 Å². The second-order valence-corrected chi connectivity index (χ2v) is 6.32. The molecule has 5 nitrogen and oxygen atoms in total. The molecule has 3 aromatic rings. The summed E-state index contributed by atoms with van der Waals surface area (Å²) in [6.07, 6.45) is 2.31. The van der Waals surface area contributed by atoms with Gasteiger partial charge in [0, 0.05) is 12.7 Å². The van der Waals surface area contributed by atoms with Crippen LogP contribution in [-0.2, 0) is 6.42 Å². The van der Waals surface area contributed by atoms with Gasteiger partial charge in [-0.05, 0) is 50.1 Å². The lowest BCUT2D eigenvalue weighted by Gasteiger charge is -2.15. The molecule has 0 atom stereocenters. The van der Waals surface area contributed by atoms with Crippen molar-refractivity contribution in [3.05, 3.63) is 72.2 Å². The first-order valence-electron chi connectivity index (χ1n) is 8.95. The number of hydrogen-bond acceptors (Lipinski definition) is 5. The minimum absolute atomic E-state index is 0.0777. The van der Waals surface area contributed by atoms with Gasteiger partial charge in [-0.2, -0.15) is 4.98 Å². The molecule has 0 aliphatic heterocycles. The molecule has 1 heterocycles. The second-order valence-electron chi connectivity index (χ2n) is 6.32. The lowest BCUT2D eigenvalue weighted by Crippen LogP contribution is -2.10. The summed E-state index contributed by atoms with van der Waals surface area (Å²) in [5.41, 5.74) is 1.50. The average Bonchev–Trinajstić information content (AvgIpc) is 2.65. The number of ether oxygens (including phenoxy) is 1. The number of anilines is 3. The molecule has 0 saturated carbocycles. The average molecular weight is 366 g/mol. The maximum absolute atomic E-state index is 13.7. The Morgan fingerprint density at radius 3 is 2.63 bits per heavy atom. The highest BCUT2D eigenvalue weighted by atomic mass is 19.1. The highest BCUT2D eigenvalue weighted by molar-refractivity contribution is 5.64. The first-order chi connectivity index (χ1) is 13.1. The van der Waals surface area contributed by atoms with Crippen LogP contribution in [0.1, 0.15) is 19.4 Å². The fourth-order valence-electron chi connectivity index (χ4n) is 2.59. The van der Waals surface area contributed by atoms with Crippen LogP contribution < -0.4 is 15.4 Å². The Labute approximate surface area is 158 Å². The Bertz CT molecular complexity index is 885. The summed E-state index contributed by atoms with van der Waals surface area (Å²) in [6.45, 7) is 4.51. The van der Waals surface area contributed by atoms with Crippen LogP contribution in [0.15, 0.2) is 60.8 Å². The Morgan fingerprint density at radius 1 is 1.04 bits per heavy atom. The van der Waals surface area contributed by atoms with Crippen molar-refractivity contribution in [1.29, 1.82) is 0 Å². The molecule has 0 aliphatic carbocycles. The van der Waals surface area contributed by atoms with Gasteiger partial charge in [0.2, 0.25) is 5.95 Å². The van der Waals surface area contributed by atoms with Crippen molar-refractivity contribution in [3.63, 3.8) is 0 Å². The number of nitrogens with zero attached hydrogens (tertiary/aromatic N) is 2. The van der Waals surface area contributed by atoms with Crippen molar-refractivity contribution < 1.29 is 9.13 Å².